The molecule has 1 fully saturated rings. The van der Waals surface area contributed by atoms with Crippen LogP contribution in [0.5, 0.6) is 0 Å². The molecule has 1 aromatic carbocycles. The highest BCUT2D eigenvalue weighted by molar-refractivity contribution is 6.34. The van der Waals surface area contributed by atoms with Gasteiger partial charge in [0.05, 0.1) is 12.7 Å². The summed E-state index contributed by atoms with van der Waals surface area (Å²) in [6.07, 6.45) is 1.63. The summed E-state index contributed by atoms with van der Waals surface area (Å²) >= 11 is 11.7. The van der Waals surface area contributed by atoms with Crippen LogP contribution in [0, 0.1) is 5.92 Å². The number of aliphatic hydroxyl groups excluding tert-OH is 1. The summed E-state index contributed by atoms with van der Waals surface area (Å²) < 4.78 is 5.41. The number of rotatable bonds is 8. The second-order valence-electron chi connectivity index (χ2n) is 5.37. The molecule has 0 spiro atoms. The zero-order valence-electron chi connectivity index (χ0n) is 12.1. The van der Waals surface area contributed by atoms with E-state index < -0.39 is 6.10 Å². The first-order valence-corrected chi connectivity index (χ1v) is 8.03. The Bertz CT molecular complexity index is 489. The molecule has 0 aromatic heterocycles. The van der Waals surface area contributed by atoms with Gasteiger partial charge in [-0.25, -0.2) is 4.79 Å². The van der Waals surface area contributed by atoms with Gasteiger partial charge in [0.2, 0.25) is 0 Å². The van der Waals surface area contributed by atoms with Crippen molar-refractivity contribution >= 4 is 29.2 Å². The van der Waals surface area contributed by atoms with Crippen LogP contribution in [-0.2, 0) is 4.74 Å². The Morgan fingerprint density at radius 1 is 1.27 bits per heavy atom. The number of amides is 2. The van der Waals surface area contributed by atoms with E-state index in [2.05, 4.69) is 10.6 Å². The molecule has 1 aliphatic rings. The summed E-state index contributed by atoms with van der Waals surface area (Å²) in [7, 11) is 0. The minimum absolute atomic E-state index is 0.0748. The van der Waals surface area contributed by atoms with E-state index in [9.17, 15) is 9.90 Å². The molecule has 3 N–H and O–H groups in total. The SMILES string of the molecule is O=C(NCCOCC1CC1)NCC(O)c1cc(Cl)cc(Cl)c1. The number of ether oxygens (including phenoxy) is 1. The maximum Gasteiger partial charge on any atom is 0.314 e. The fourth-order valence-electron chi connectivity index (χ4n) is 1.91. The molecule has 0 heterocycles. The van der Waals surface area contributed by atoms with Gasteiger partial charge in [0.25, 0.3) is 0 Å². The molecule has 0 bridgehead atoms. The van der Waals surface area contributed by atoms with Crippen molar-refractivity contribution in [1.82, 2.24) is 10.6 Å². The second kappa shape index (κ2) is 8.58. The Hall–Kier alpha value is -1.01. The van der Waals surface area contributed by atoms with E-state index >= 15 is 0 Å². The Morgan fingerprint density at radius 2 is 1.95 bits per heavy atom. The lowest BCUT2D eigenvalue weighted by Gasteiger charge is -2.13. The molecule has 1 aromatic rings. The Balaban J connectivity index is 1.61. The van der Waals surface area contributed by atoms with Crippen molar-refractivity contribution in [2.45, 2.75) is 18.9 Å². The smallest absolute Gasteiger partial charge is 0.314 e. The van der Waals surface area contributed by atoms with Crippen LogP contribution < -0.4 is 10.6 Å². The van der Waals surface area contributed by atoms with Crippen LogP contribution in [0.2, 0.25) is 10.0 Å². The highest BCUT2D eigenvalue weighted by Gasteiger charge is 2.20. The standard InChI is InChI=1S/C15H20Cl2N2O3/c16-12-5-11(6-13(17)7-12)14(20)8-19-15(21)18-3-4-22-9-10-1-2-10/h5-7,10,14,20H,1-4,8-9H2,(H2,18,19,21). The van der Waals surface area contributed by atoms with Crippen molar-refractivity contribution in [3.8, 4) is 0 Å². The van der Waals surface area contributed by atoms with Gasteiger partial charge in [-0.2, -0.15) is 0 Å². The second-order valence-corrected chi connectivity index (χ2v) is 6.25. The fraction of sp³-hybridized carbons (Fsp3) is 0.533. The first-order chi connectivity index (χ1) is 10.5. The van der Waals surface area contributed by atoms with Gasteiger partial charge in [-0.05, 0) is 42.5 Å². The van der Waals surface area contributed by atoms with Crippen molar-refractivity contribution in [2.75, 3.05) is 26.3 Å². The van der Waals surface area contributed by atoms with E-state index in [0.29, 0.717) is 34.7 Å². The lowest BCUT2D eigenvalue weighted by molar-refractivity contribution is 0.126. The van der Waals surface area contributed by atoms with Crippen LogP contribution in [0.15, 0.2) is 18.2 Å². The summed E-state index contributed by atoms with van der Waals surface area (Å²) in [6, 6.07) is 4.47. The van der Waals surface area contributed by atoms with Gasteiger partial charge < -0.3 is 20.5 Å². The van der Waals surface area contributed by atoms with Gasteiger partial charge in [0.15, 0.2) is 0 Å². The zero-order chi connectivity index (χ0) is 15.9. The van der Waals surface area contributed by atoms with E-state index in [1.165, 1.54) is 12.8 Å². The van der Waals surface area contributed by atoms with E-state index in [0.717, 1.165) is 6.61 Å². The quantitative estimate of drug-likeness (QED) is 0.634. The molecule has 0 radical (unpaired) electrons. The molecule has 1 aliphatic carbocycles. The first-order valence-electron chi connectivity index (χ1n) is 7.28. The molecule has 1 atom stereocenters. The number of nitrogens with one attached hydrogen (secondary N) is 2. The van der Waals surface area contributed by atoms with Crippen LogP contribution in [0.25, 0.3) is 0 Å². The number of hydrogen-bond acceptors (Lipinski definition) is 3. The molecule has 0 aliphatic heterocycles. The lowest BCUT2D eigenvalue weighted by atomic mass is 10.1. The van der Waals surface area contributed by atoms with E-state index in [1.54, 1.807) is 18.2 Å². The maximum absolute atomic E-state index is 11.6. The predicted octanol–water partition coefficient (Wildman–Crippen LogP) is 2.75. The van der Waals surface area contributed by atoms with Gasteiger partial charge in [-0.15, -0.1) is 0 Å². The maximum atomic E-state index is 11.6. The first kappa shape index (κ1) is 17.3. The summed E-state index contributed by atoms with van der Waals surface area (Å²) in [5.74, 6) is 0.716. The minimum Gasteiger partial charge on any atom is -0.387 e. The molecule has 2 amide bonds. The van der Waals surface area contributed by atoms with Crippen molar-refractivity contribution in [3.05, 3.63) is 33.8 Å². The zero-order valence-corrected chi connectivity index (χ0v) is 13.7. The third-order valence-electron chi connectivity index (χ3n) is 3.31. The van der Waals surface area contributed by atoms with E-state index in [1.807, 2.05) is 0 Å². The number of halogens is 2. The van der Waals surface area contributed by atoms with Crippen LogP contribution in [0.4, 0.5) is 4.79 Å². The lowest BCUT2D eigenvalue weighted by Crippen LogP contribution is -2.39. The third kappa shape index (κ3) is 6.40. The molecule has 22 heavy (non-hydrogen) atoms. The summed E-state index contributed by atoms with van der Waals surface area (Å²) in [5.41, 5.74) is 0.561. The van der Waals surface area contributed by atoms with Gasteiger partial charge in [0, 0.05) is 29.7 Å². The number of benzene rings is 1. The van der Waals surface area contributed by atoms with Crippen LogP contribution in [-0.4, -0.2) is 37.4 Å². The summed E-state index contributed by atoms with van der Waals surface area (Å²) in [5, 5.41) is 16.2. The normalized spacial score (nSPS) is 15.4. The third-order valence-corrected chi connectivity index (χ3v) is 3.74. The molecular formula is C15H20Cl2N2O3. The van der Waals surface area contributed by atoms with Crippen molar-refractivity contribution in [2.24, 2.45) is 5.92 Å². The summed E-state index contributed by atoms with van der Waals surface area (Å²) in [6.45, 7) is 1.79. The average molecular weight is 347 g/mol. The fourth-order valence-corrected chi connectivity index (χ4v) is 2.45. The largest absolute Gasteiger partial charge is 0.387 e. The van der Waals surface area contributed by atoms with Gasteiger partial charge in [-0.1, -0.05) is 23.2 Å². The average Bonchev–Trinajstić information content (AvgIpc) is 3.27. The molecule has 7 heteroatoms. The molecule has 1 unspecified atom stereocenters. The van der Waals surface area contributed by atoms with Crippen molar-refractivity contribution in [1.29, 1.82) is 0 Å². The Labute approximate surface area is 139 Å². The number of carbonyl (C=O) groups is 1. The Morgan fingerprint density at radius 3 is 2.59 bits per heavy atom. The molecule has 1 saturated carbocycles. The Kier molecular flexibility index (Phi) is 6.76. The van der Waals surface area contributed by atoms with E-state index in [4.69, 9.17) is 27.9 Å². The molecule has 5 nitrogen and oxygen atoms in total. The van der Waals surface area contributed by atoms with E-state index in [-0.39, 0.29) is 12.6 Å². The number of hydrogen-bond donors (Lipinski definition) is 3. The van der Waals surface area contributed by atoms with Gasteiger partial charge in [0.1, 0.15) is 0 Å². The van der Waals surface area contributed by atoms with Crippen LogP contribution >= 0.6 is 23.2 Å². The number of aliphatic hydroxyl groups is 1. The minimum atomic E-state index is -0.868. The van der Waals surface area contributed by atoms with Crippen LogP contribution in [0.1, 0.15) is 24.5 Å². The van der Waals surface area contributed by atoms with Crippen molar-refractivity contribution < 1.29 is 14.6 Å². The monoisotopic (exact) mass is 346 g/mol. The molecule has 0 saturated heterocycles. The van der Waals surface area contributed by atoms with Crippen LogP contribution in [0.3, 0.4) is 0 Å². The number of urea groups is 1. The van der Waals surface area contributed by atoms with Gasteiger partial charge >= 0.3 is 6.03 Å². The molecular weight excluding hydrogens is 327 g/mol. The highest BCUT2D eigenvalue weighted by Crippen LogP contribution is 2.28. The number of carbonyl (C=O) groups excluding carboxylic acids is 1. The van der Waals surface area contributed by atoms with Gasteiger partial charge in [-0.3, -0.25) is 0 Å². The molecule has 122 valence electrons. The summed E-state index contributed by atoms with van der Waals surface area (Å²) in [4.78, 5) is 11.6. The topological polar surface area (TPSA) is 70.6 Å². The predicted molar refractivity (Wildman–Crippen MR) is 86.4 cm³/mol. The highest BCUT2D eigenvalue weighted by atomic mass is 35.5. The molecule has 2 rings (SSSR count). The van der Waals surface area contributed by atoms with Crippen molar-refractivity contribution in [3.63, 3.8) is 0 Å².